The van der Waals surface area contributed by atoms with Gasteiger partial charge in [0.15, 0.2) is 0 Å². The molecule has 0 atom stereocenters. The average Bonchev–Trinajstić information content (AvgIpc) is 2.93. The second-order valence-corrected chi connectivity index (χ2v) is 13.7. The largest absolute Gasteiger partial charge is 0.0683 e. The van der Waals surface area contributed by atoms with Gasteiger partial charge in [-0.2, -0.15) is 0 Å². The number of rotatable bonds is 4. The van der Waals surface area contributed by atoms with Gasteiger partial charge in [-0.15, -0.1) is 0 Å². The fourth-order valence-electron chi connectivity index (χ4n) is 7.31. The molecule has 0 radical (unpaired) electrons. The van der Waals surface area contributed by atoms with Crippen LogP contribution in [-0.2, 0) is 0 Å². The van der Waals surface area contributed by atoms with Gasteiger partial charge in [-0.25, -0.2) is 0 Å². The monoisotopic (exact) mass is 474 g/mol. The molecule has 2 aliphatic rings. The highest BCUT2D eigenvalue weighted by atomic mass is 31.1. The molecule has 1 heteroatoms. The van der Waals surface area contributed by atoms with Crippen LogP contribution >= 0.6 is 7.92 Å². The van der Waals surface area contributed by atoms with Crippen LogP contribution in [0.4, 0.5) is 0 Å². The maximum Gasteiger partial charge on any atom is -0.00206 e. The van der Waals surface area contributed by atoms with Crippen LogP contribution in [0, 0.1) is 0 Å². The van der Waals surface area contributed by atoms with E-state index in [2.05, 4.69) is 78.9 Å². The van der Waals surface area contributed by atoms with Crippen LogP contribution in [0.1, 0.15) is 64.2 Å². The minimum Gasteiger partial charge on any atom is -0.0683 e. The fraction of sp³-hybridized carbons (Fsp3) is 0.353. The molecule has 0 amide bonds. The van der Waals surface area contributed by atoms with Crippen molar-refractivity contribution in [2.45, 2.75) is 75.5 Å². The number of hydrogen-bond acceptors (Lipinski definition) is 0. The molecule has 0 heterocycles. The Bertz CT molecular complexity index is 1440. The van der Waals surface area contributed by atoms with Crippen LogP contribution in [0.5, 0.6) is 0 Å². The Kier molecular flexibility index (Phi) is 5.75. The van der Waals surface area contributed by atoms with Gasteiger partial charge < -0.3 is 0 Å². The van der Waals surface area contributed by atoms with Gasteiger partial charge in [0.2, 0.25) is 0 Å². The SMILES string of the molecule is c1ccc(P(C2CCCCC2)C2CCCCC2)c(-c2ccc3ccc4cccc5ccc2c3c45)c1. The van der Waals surface area contributed by atoms with E-state index in [0.717, 1.165) is 11.3 Å². The molecule has 0 spiro atoms. The third-order valence-corrected chi connectivity index (χ3v) is 12.5. The molecule has 0 aromatic heterocycles. The first-order valence-electron chi connectivity index (χ1n) is 13.9. The zero-order chi connectivity index (χ0) is 23.2. The quantitative estimate of drug-likeness (QED) is 0.180. The average molecular weight is 475 g/mol. The molecule has 2 fully saturated rings. The lowest BCUT2D eigenvalue weighted by Crippen LogP contribution is -2.27. The Morgan fingerprint density at radius 2 is 1.03 bits per heavy atom. The van der Waals surface area contributed by atoms with Crippen molar-refractivity contribution in [3.63, 3.8) is 0 Å². The molecule has 2 saturated carbocycles. The van der Waals surface area contributed by atoms with Crippen molar-refractivity contribution in [2.75, 3.05) is 0 Å². The van der Waals surface area contributed by atoms with Gasteiger partial charge in [-0.05, 0) is 85.8 Å². The maximum atomic E-state index is 2.53. The fourth-order valence-corrected chi connectivity index (χ4v) is 11.3. The molecule has 176 valence electrons. The molecule has 7 rings (SSSR count). The van der Waals surface area contributed by atoms with Crippen molar-refractivity contribution in [2.24, 2.45) is 0 Å². The zero-order valence-electron chi connectivity index (χ0n) is 20.7. The van der Waals surface area contributed by atoms with Gasteiger partial charge in [0.05, 0.1) is 0 Å². The minimum absolute atomic E-state index is 0.140. The summed E-state index contributed by atoms with van der Waals surface area (Å²) in [5, 5.41) is 10.1. The van der Waals surface area contributed by atoms with Crippen LogP contribution in [0.2, 0.25) is 0 Å². The van der Waals surface area contributed by atoms with E-state index in [4.69, 9.17) is 0 Å². The lowest BCUT2D eigenvalue weighted by atomic mass is 9.90. The van der Waals surface area contributed by atoms with Crippen molar-refractivity contribution in [1.82, 2.24) is 0 Å². The summed E-state index contributed by atoms with van der Waals surface area (Å²) < 4.78 is 0. The first-order valence-corrected chi connectivity index (χ1v) is 15.4. The van der Waals surface area contributed by atoms with Crippen LogP contribution in [0.3, 0.4) is 0 Å². The van der Waals surface area contributed by atoms with Crippen molar-refractivity contribution >= 4 is 45.5 Å². The van der Waals surface area contributed by atoms with E-state index >= 15 is 0 Å². The summed E-state index contributed by atoms with van der Waals surface area (Å²) in [5.74, 6) is 0. The Hall–Kier alpha value is -2.43. The molecule has 5 aromatic rings. The molecule has 0 unspecified atom stereocenters. The molecule has 0 nitrogen and oxygen atoms in total. The molecular weight excluding hydrogens is 439 g/mol. The third-order valence-electron chi connectivity index (χ3n) is 8.94. The summed E-state index contributed by atoms with van der Waals surface area (Å²) in [6, 6.07) is 30.5. The molecule has 0 aliphatic heterocycles. The summed E-state index contributed by atoms with van der Waals surface area (Å²) in [7, 11) is -0.140. The summed E-state index contributed by atoms with van der Waals surface area (Å²) in [6.45, 7) is 0. The van der Waals surface area contributed by atoms with Crippen molar-refractivity contribution in [3.05, 3.63) is 78.9 Å². The third kappa shape index (κ3) is 3.77. The molecule has 0 saturated heterocycles. The molecule has 0 N–H and O–H groups in total. The topological polar surface area (TPSA) is 0 Å². The van der Waals surface area contributed by atoms with Gasteiger partial charge in [0.25, 0.3) is 0 Å². The standard InChI is InChI=1S/C34H35P/c1-3-12-27(13-4-1)35(28-14-5-2-6-15-28)32-17-8-7-16-30(32)29-22-20-26-19-18-24-10-9-11-25-21-23-31(29)34(26)33(24)25/h7-11,16-23,27-28H,1-6,12-15H2. The second-order valence-electron chi connectivity index (χ2n) is 11.0. The van der Waals surface area contributed by atoms with E-state index in [1.165, 1.54) is 108 Å². The van der Waals surface area contributed by atoms with E-state index in [1.54, 1.807) is 5.30 Å². The van der Waals surface area contributed by atoms with Gasteiger partial charge >= 0.3 is 0 Å². The van der Waals surface area contributed by atoms with Crippen molar-refractivity contribution < 1.29 is 0 Å². The summed E-state index contributed by atoms with van der Waals surface area (Å²) in [6.07, 6.45) is 14.5. The predicted molar refractivity (Wildman–Crippen MR) is 156 cm³/mol. The summed E-state index contributed by atoms with van der Waals surface area (Å²) in [4.78, 5) is 0. The van der Waals surface area contributed by atoms with Crippen molar-refractivity contribution in [3.8, 4) is 11.1 Å². The lowest BCUT2D eigenvalue weighted by molar-refractivity contribution is 0.487. The number of benzene rings is 5. The minimum atomic E-state index is -0.140. The highest BCUT2D eigenvalue weighted by molar-refractivity contribution is 7.67. The summed E-state index contributed by atoms with van der Waals surface area (Å²) in [5.41, 5.74) is 4.81. The van der Waals surface area contributed by atoms with Crippen LogP contribution < -0.4 is 5.30 Å². The second kappa shape index (κ2) is 9.22. The van der Waals surface area contributed by atoms with Crippen LogP contribution in [0.25, 0.3) is 43.4 Å². The van der Waals surface area contributed by atoms with E-state index < -0.39 is 0 Å². The Morgan fingerprint density at radius 3 is 1.71 bits per heavy atom. The Labute approximate surface area is 210 Å². The Morgan fingerprint density at radius 1 is 0.457 bits per heavy atom. The van der Waals surface area contributed by atoms with Gasteiger partial charge in [-0.1, -0.05) is 125 Å². The van der Waals surface area contributed by atoms with Crippen LogP contribution in [0.15, 0.2) is 78.9 Å². The summed E-state index contributed by atoms with van der Waals surface area (Å²) >= 11 is 0. The van der Waals surface area contributed by atoms with Gasteiger partial charge in [0.1, 0.15) is 0 Å². The van der Waals surface area contributed by atoms with E-state index in [9.17, 15) is 0 Å². The van der Waals surface area contributed by atoms with E-state index in [1.807, 2.05) is 0 Å². The van der Waals surface area contributed by atoms with E-state index in [-0.39, 0.29) is 7.92 Å². The highest BCUT2D eigenvalue weighted by Gasteiger charge is 2.33. The number of hydrogen-bond donors (Lipinski definition) is 0. The maximum absolute atomic E-state index is 2.53. The predicted octanol–water partition coefficient (Wildman–Crippen LogP) is 10.0. The smallest absolute Gasteiger partial charge is 0.00206 e. The van der Waals surface area contributed by atoms with Crippen molar-refractivity contribution in [1.29, 1.82) is 0 Å². The molecule has 35 heavy (non-hydrogen) atoms. The molecule has 0 bridgehead atoms. The van der Waals surface area contributed by atoms with Gasteiger partial charge in [-0.3, -0.25) is 0 Å². The highest BCUT2D eigenvalue weighted by Crippen LogP contribution is 2.56. The normalized spacial score (nSPS) is 18.3. The van der Waals surface area contributed by atoms with Crippen LogP contribution in [-0.4, -0.2) is 11.3 Å². The Balaban J connectivity index is 1.44. The molecule has 5 aromatic carbocycles. The first kappa shape index (κ1) is 21.8. The lowest BCUT2D eigenvalue weighted by Gasteiger charge is -2.39. The van der Waals surface area contributed by atoms with E-state index in [0.29, 0.717) is 0 Å². The molecular formula is C34H35P. The van der Waals surface area contributed by atoms with Gasteiger partial charge in [0, 0.05) is 0 Å². The molecule has 2 aliphatic carbocycles. The zero-order valence-corrected chi connectivity index (χ0v) is 21.6. The first-order chi connectivity index (χ1) is 17.4.